The van der Waals surface area contributed by atoms with Crippen LogP contribution in [0.1, 0.15) is 27.2 Å². The molecule has 1 atom stereocenters. The molecule has 1 aliphatic rings. The molecule has 0 bridgehead atoms. The van der Waals surface area contributed by atoms with Crippen molar-refractivity contribution in [2.45, 2.75) is 39.3 Å². The molecular formula is C11H22N2O2. The molecule has 1 rings (SSSR count). The molecule has 88 valence electrons. The van der Waals surface area contributed by atoms with Gasteiger partial charge in [-0.2, -0.15) is 0 Å². The van der Waals surface area contributed by atoms with Crippen molar-refractivity contribution in [2.24, 2.45) is 0 Å². The molecule has 0 aliphatic carbocycles. The molecule has 0 unspecified atom stereocenters. The van der Waals surface area contributed by atoms with Gasteiger partial charge in [-0.15, -0.1) is 0 Å². The van der Waals surface area contributed by atoms with Crippen LogP contribution in [0.3, 0.4) is 0 Å². The van der Waals surface area contributed by atoms with E-state index in [9.17, 15) is 4.79 Å². The Bertz CT molecular complexity index is 219. The number of amides is 1. The maximum atomic E-state index is 11.5. The van der Waals surface area contributed by atoms with Crippen molar-refractivity contribution in [3.63, 3.8) is 0 Å². The minimum absolute atomic E-state index is 0.154. The summed E-state index contributed by atoms with van der Waals surface area (Å²) in [6.45, 7) is 8.55. The van der Waals surface area contributed by atoms with Crippen LogP contribution in [0.25, 0.3) is 0 Å². The summed E-state index contributed by atoms with van der Waals surface area (Å²) >= 11 is 0. The average Bonchev–Trinajstić information content (AvgIpc) is 2.52. The summed E-state index contributed by atoms with van der Waals surface area (Å²) in [7, 11) is 0. The van der Waals surface area contributed by atoms with Crippen molar-refractivity contribution in [2.75, 3.05) is 26.2 Å². The fourth-order valence-corrected chi connectivity index (χ4v) is 2.43. The molecule has 0 radical (unpaired) electrons. The molecule has 0 saturated carbocycles. The molecule has 0 aromatic rings. The highest BCUT2D eigenvalue weighted by Crippen LogP contribution is 2.17. The lowest BCUT2D eigenvalue weighted by molar-refractivity contribution is -0.132. The van der Waals surface area contributed by atoms with Gasteiger partial charge in [-0.25, -0.2) is 0 Å². The zero-order valence-corrected chi connectivity index (χ0v) is 9.94. The Morgan fingerprint density at radius 1 is 1.60 bits per heavy atom. The van der Waals surface area contributed by atoms with E-state index in [1.807, 2.05) is 4.90 Å². The van der Waals surface area contributed by atoms with E-state index >= 15 is 0 Å². The fourth-order valence-electron chi connectivity index (χ4n) is 2.43. The van der Waals surface area contributed by atoms with E-state index in [1.54, 1.807) is 6.92 Å². The topological polar surface area (TPSA) is 43.8 Å². The van der Waals surface area contributed by atoms with E-state index in [1.165, 1.54) is 0 Å². The molecule has 1 amide bonds. The van der Waals surface area contributed by atoms with Crippen LogP contribution in [-0.4, -0.2) is 59.1 Å². The van der Waals surface area contributed by atoms with Crippen molar-refractivity contribution < 1.29 is 9.90 Å². The summed E-state index contributed by atoms with van der Waals surface area (Å²) in [5.74, 6) is 0.154. The van der Waals surface area contributed by atoms with Crippen LogP contribution in [0.15, 0.2) is 0 Å². The number of hydrogen-bond acceptors (Lipinski definition) is 3. The van der Waals surface area contributed by atoms with Crippen molar-refractivity contribution in [1.82, 2.24) is 9.80 Å². The highest BCUT2D eigenvalue weighted by atomic mass is 16.3. The van der Waals surface area contributed by atoms with Gasteiger partial charge in [-0.3, -0.25) is 9.69 Å². The van der Waals surface area contributed by atoms with Gasteiger partial charge in [0.2, 0.25) is 5.91 Å². The Morgan fingerprint density at radius 2 is 2.27 bits per heavy atom. The van der Waals surface area contributed by atoms with Gasteiger partial charge in [0.05, 0.1) is 6.61 Å². The van der Waals surface area contributed by atoms with Crippen LogP contribution in [0.2, 0.25) is 0 Å². The largest absolute Gasteiger partial charge is 0.395 e. The van der Waals surface area contributed by atoms with Crippen molar-refractivity contribution in [1.29, 1.82) is 0 Å². The third-order valence-electron chi connectivity index (χ3n) is 2.98. The molecule has 1 N–H and O–H groups in total. The van der Waals surface area contributed by atoms with Gasteiger partial charge in [-0.1, -0.05) is 0 Å². The minimum Gasteiger partial charge on any atom is -0.395 e. The second kappa shape index (κ2) is 5.47. The summed E-state index contributed by atoms with van der Waals surface area (Å²) in [4.78, 5) is 15.7. The van der Waals surface area contributed by atoms with Gasteiger partial charge in [0.25, 0.3) is 0 Å². The first-order valence-electron chi connectivity index (χ1n) is 5.68. The van der Waals surface area contributed by atoms with Gasteiger partial charge < -0.3 is 10.0 Å². The highest BCUT2D eigenvalue weighted by Gasteiger charge is 2.30. The Morgan fingerprint density at radius 3 is 2.73 bits per heavy atom. The number of rotatable bonds is 4. The number of aliphatic hydroxyl groups is 1. The van der Waals surface area contributed by atoms with Crippen molar-refractivity contribution >= 4 is 5.91 Å². The maximum absolute atomic E-state index is 11.5. The first kappa shape index (κ1) is 12.5. The molecule has 1 aliphatic heterocycles. The monoisotopic (exact) mass is 214 g/mol. The third kappa shape index (κ3) is 3.18. The maximum Gasteiger partial charge on any atom is 0.219 e. The van der Waals surface area contributed by atoms with Gasteiger partial charge in [0.1, 0.15) is 0 Å². The first-order valence-corrected chi connectivity index (χ1v) is 5.68. The first-order chi connectivity index (χ1) is 7.06. The van der Waals surface area contributed by atoms with E-state index in [0.29, 0.717) is 6.04 Å². The number of aliphatic hydroxyl groups excluding tert-OH is 1. The Hall–Kier alpha value is -0.610. The molecular weight excluding hydrogens is 192 g/mol. The molecule has 15 heavy (non-hydrogen) atoms. The smallest absolute Gasteiger partial charge is 0.219 e. The van der Waals surface area contributed by atoms with Crippen LogP contribution >= 0.6 is 0 Å². The number of hydrogen-bond donors (Lipinski definition) is 1. The Kier molecular flexibility index (Phi) is 4.54. The summed E-state index contributed by atoms with van der Waals surface area (Å²) < 4.78 is 0. The lowest BCUT2D eigenvalue weighted by Crippen LogP contribution is -2.45. The van der Waals surface area contributed by atoms with E-state index in [-0.39, 0.29) is 18.6 Å². The fraction of sp³-hybridized carbons (Fsp3) is 0.909. The van der Waals surface area contributed by atoms with Gasteiger partial charge in [-0.05, 0) is 20.3 Å². The zero-order chi connectivity index (χ0) is 11.4. The zero-order valence-electron chi connectivity index (χ0n) is 9.94. The van der Waals surface area contributed by atoms with Crippen LogP contribution in [0, 0.1) is 0 Å². The minimum atomic E-state index is 0.154. The van der Waals surface area contributed by atoms with Crippen LogP contribution in [-0.2, 0) is 4.79 Å². The van der Waals surface area contributed by atoms with Crippen molar-refractivity contribution in [3.05, 3.63) is 0 Å². The summed E-state index contributed by atoms with van der Waals surface area (Å²) in [5, 5.41) is 8.85. The summed E-state index contributed by atoms with van der Waals surface area (Å²) in [6, 6.07) is 0.593. The quantitative estimate of drug-likeness (QED) is 0.732. The van der Waals surface area contributed by atoms with E-state index < -0.39 is 0 Å². The second-order valence-corrected chi connectivity index (χ2v) is 4.49. The molecule has 4 heteroatoms. The lowest BCUT2D eigenvalue weighted by atomic mass is 10.1. The SMILES string of the molecule is CC(=O)N(C(C)C)[C@H]1CCN(CCO)C1. The number of likely N-dealkylation sites (tertiary alicyclic amines) is 1. The normalized spacial score (nSPS) is 22.3. The van der Waals surface area contributed by atoms with Gasteiger partial charge >= 0.3 is 0 Å². The van der Waals surface area contributed by atoms with Crippen LogP contribution in [0.4, 0.5) is 0 Å². The molecule has 4 nitrogen and oxygen atoms in total. The van der Waals surface area contributed by atoms with Crippen LogP contribution in [0.5, 0.6) is 0 Å². The number of carbonyl (C=O) groups excluding carboxylic acids is 1. The predicted octanol–water partition coefficient (Wildman–Crippen LogP) is 0.310. The van der Waals surface area contributed by atoms with Crippen LogP contribution < -0.4 is 0 Å². The lowest BCUT2D eigenvalue weighted by Gasteiger charge is -2.31. The standard InChI is InChI=1S/C11H22N2O2/c1-9(2)13(10(3)15)11-4-5-12(8-11)6-7-14/h9,11,14H,4-8H2,1-3H3/t11-/m0/s1. The van der Waals surface area contributed by atoms with Gasteiger partial charge in [0, 0.05) is 38.6 Å². The summed E-state index contributed by atoms with van der Waals surface area (Å²) in [5.41, 5.74) is 0. The number of nitrogens with zero attached hydrogens (tertiary/aromatic N) is 2. The van der Waals surface area contributed by atoms with Crippen molar-refractivity contribution in [3.8, 4) is 0 Å². The molecule has 0 aromatic carbocycles. The van der Waals surface area contributed by atoms with E-state index in [2.05, 4.69) is 18.7 Å². The highest BCUT2D eigenvalue weighted by molar-refractivity contribution is 5.74. The van der Waals surface area contributed by atoms with E-state index in [4.69, 9.17) is 5.11 Å². The molecule has 1 fully saturated rings. The molecule has 0 spiro atoms. The van der Waals surface area contributed by atoms with Gasteiger partial charge in [0.15, 0.2) is 0 Å². The Balaban J connectivity index is 2.53. The molecule has 1 heterocycles. The Labute approximate surface area is 91.9 Å². The summed E-state index contributed by atoms with van der Waals surface area (Å²) in [6.07, 6.45) is 1.03. The molecule has 1 saturated heterocycles. The number of β-amino-alcohol motifs (C(OH)–C–C–N with tert-alkyl or cyclic N) is 1. The second-order valence-electron chi connectivity index (χ2n) is 4.49. The number of carbonyl (C=O) groups is 1. The molecule has 0 aromatic heterocycles. The van der Waals surface area contributed by atoms with E-state index in [0.717, 1.165) is 26.1 Å². The third-order valence-corrected chi connectivity index (χ3v) is 2.98. The average molecular weight is 214 g/mol. The predicted molar refractivity (Wildman–Crippen MR) is 59.6 cm³/mol.